The molecule has 0 aliphatic heterocycles. The summed E-state index contributed by atoms with van der Waals surface area (Å²) in [6.07, 6.45) is 1.81. The molecule has 2 amide bonds. The van der Waals surface area contributed by atoms with Gasteiger partial charge < -0.3 is 15.4 Å². The number of nitrogens with zero attached hydrogens (tertiary/aromatic N) is 2. The number of hydrogen-bond donors (Lipinski definition) is 2. The van der Waals surface area contributed by atoms with Crippen molar-refractivity contribution in [2.45, 2.75) is 26.3 Å². The molecule has 2 aromatic rings. The molecule has 24 heavy (non-hydrogen) atoms. The zero-order valence-corrected chi connectivity index (χ0v) is 14.1. The third-order valence-electron chi connectivity index (χ3n) is 3.42. The molecule has 0 saturated heterocycles. The Hall–Kier alpha value is -2.83. The van der Waals surface area contributed by atoms with Crippen molar-refractivity contribution in [2.24, 2.45) is 0 Å². The van der Waals surface area contributed by atoms with E-state index in [9.17, 15) is 9.59 Å². The van der Waals surface area contributed by atoms with Gasteiger partial charge >= 0.3 is 0 Å². The molecular formula is C17H22N4O3. The number of carbonyl (C=O) groups is 2. The Labute approximate surface area is 141 Å². The number of methoxy groups -OCH3 is 1. The molecule has 0 spiro atoms. The van der Waals surface area contributed by atoms with Gasteiger partial charge in [0.25, 0.3) is 5.91 Å². The van der Waals surface area contributed by atoms with Crippen LogP contribution in [-0.2, 0) is 4.79 Å². The van der Waals surface area contributed by atoms with E-state index < -0.39 is 0 Å². The van der Waals surface area contributed by atoms with Gasteiger partial charge in [0.2, 0.25) is 5.91 Å². The van der Waals surface area contributed by atoms with E-state index in [4.69, 9.17) is 4.74 Å². The minimum absolute atomic E-state index is 0.153. The maximum Gasteiger partial charge on any atom is 0.255 e. The highest BCUT2D eigenvalue weighted by molar-refractivity contribution is 5.97. The Morgan fingerprint density at radius 3 is 2.71 bits per heavy atom. The predicted octanol–water partition coefficient (Wildman–Crippen LogP) is 2.23. The fourth-order valence-electron chi connectivity index (χ4n) is 2.25. The summed E-state index contributed by atoms with van der Waals surface area (Å²) in [6, 6.07) is 8.84. The number of benzene rings is 1. The van der Waals surface area contributed by atoms with Crippen LogP contribution in [0, 0.1) is 0 Å². The zero-order valence-electron chi connectivity index (χ0n) is 14.1. The van der Waals surface area contributed by atoms with Gasteiger partial charge in [-0.15, -0.1) is 0 Å². The number of rotatable bonds is 7. The van der Waals surface area contributed by atoms with Gasteiger partial charge in [0.1, 0.15) is 11.6 Å². The highest BCUT2D eigenvalue weighted by atomic mass is 16.5. The van der Waals surface area contributed by atoms with Crippen molar-refractivity contribution in [1.82, 2.24) is 15.1 Å². The first-order chi connectivity index (χ1) is 11.5. The molecule has 1 aromatic heterocycles. The van der Waals surface area contributed by atoms with Gasteiger partial charge in [0.15, 0.2) is 0 Å². The molecule has 7 nitrogen and oxygen atoms in total. The third kappa shape index (κ3) is 4.34. The first kappa shape index (κ1) is 17.5. The number of aromatic nitrogens is 2. The number of anilines is 1. The molecule has 0 aliphatic rings. The molecule has 0 unspecified atom stereocenters. The standard InChI is InChI=1S/C17H22N4O3/c1-12(2)21-15(8-11-19-21)20-16(22)9-10-18-17(23)13-6-4-5-7-14(13)24-3/h4-8,11-12H,9-10H2,1-3H3,(H,18,23)(H,20,22). The molecule has 1 heterocycles. The molecule has 1 aromatic carbocycles. The van der Waals surface area contributed by atoms with E-state index in [0.29, 0.717) is 17.1 Å². The van der Waals surface area contributed by atoms with Crippen molar-refractivity contribution in [2.75, 3.05) is 19.0 Å². The van der Waals surface area contributed by atoms with Crippen LogP contribution in [0.5, 0.6) is 5.75 Å². The summed E-state index contributed by atoms with van der Waals surface area (Å²) in [4.78, 5) is 24.1. The molecule has 2 N–H and O–H groups in total. The second-order valence-corrected chi connectivity index (χ2v) is 5.51. The van der Waals surface area contributed by atoms with E-state index in [1.807, 2.05) is 13.8 Å². The first-order valence-electron chi connectivity index (χ1n) is 7.77. The summed E-state index contributed by atoms with van der Waals surface area (Å²) in [5.41, 5.74) is 0.443. The molecule has 7 heteroatoms. The Balaban J connectivity index is 1.84. The van der Waals surface area contributed by atoms with E-state index in [1.54, 1.807) is 41.2 Å². The SMILES string of the molecule is COc1ccccc1C(=O)NCCC(=O)Nc1ccnn1C(C)C. The minimum Gasteiger partial charge on any atom is -0.496 e. The van der Waals surface area contributed by atoms with Crippen LogP contribution in [0.4, 0.5) is 5.82 Å². The minimum atomic E-state index is -0.271. The first-order valence-corrected chi connectivity index (χ1v) is 7.77. The van der Waals surface area contributed by atoms with E-state index in [2.05, 4.69) is 15.7 Å². The molecule has 0 saturated carbocycles. The molecule has 0 aliphatic carbocycles. The summed E-state index contributed by atoms with van der Waals surface area (Å²) in [5.74, 6) is 0.691. The monoisotopic (exact) mass is 330 g/mol. The Kier molecular flexibility index (Phi) is 5.95. The molecule has 2 rings (SSSR count). The van der Waals surface area contributed by atoms with Crippen molar-refractivity contribution in [3.05, 3.63) is 42.1 Å². The maximum atomic E-state index is 12.1. The van der Waals surface area contributed by atoms with Crippen LogP contribution < -0.4 is 15.4 Å². The highest BCUT2D eigenvalue weighted by Gasteiger charge is 2.12. The van der Waals surface area contributed by atoms with Crippen molar-refractivity contribution < 1.29 is 14.3 Å². The van der Waals surface area contributed by atoms with Crippen molar-refractivity contribution in [3.63, 3.8) is 0 Å². The lowest BCUT2D eigenvalue weighted by atomic mass is 10.2. The second-order valence-electron chi connectivity index (χ2n) is 5.51. The molecule has 0 radical (unpaired) electrons. The molecular weight excluding hydrogens is 308 g/mol. The molecule has 0 atom stereocenters. The van der Waals surface area contributed by atoms with Crippen LogP contribution in [0.2, 0.25) is 0 Å². The molecule has 0 bridgehead atoms. The lowest BCUT2D eigenvalue weighted by molar-refractivity contribution is -0.116. The normalized spacial score (nSPS) is 10.5. The Morgan fingerprint density at radius 2 is 2.00 bits per heavy atom. The summed E-state index contributed by atoms with van der Waals surface area (Å²) in [7, 11) is 1.51. The van der Waals surface area contributed by atoms with Gasteiger partial charge in [0.05, 0.1) is 18.9 Å². The summed E-state index contributed by atoms with van der Waals surface area (Å²) >= 11 is 0. The number of ether oxygens (including phenoxy) is 1. The topological polar surface area (TPSA) is 85.2 Å². The van der Waals surface area contributed by atoms with Gasteiger partial charge in [-0.25, -0.2) is 4.68 Å². The average molecular weight is 330 g/mol. The predicted molar refractivity (Wildman–Crippen MR) is 91.2 cm³/mol. The van der Waals surface area contributed by atoms with Crippen LogP contribution in [0.15, 0.2) is 36.5 Å². The smallest absolute Gasteiger partial charge is 0.255 e. The largest absolute Gasteiger partial charge is 0.496 e. The van der Waals surface area contributed by atoms with Crippen molar-refractivity contribution in [3.8, 4) is 5.75 Å². The van der Waals surface area contributed by atoms with Crippen LogP contribution in [0.25, 0.3) is 0 Å². The molecule has 128 valence electrons. The third-order valence-corrected chi connectivity index (χ3v) is 3.42. The van der Waals surface area contributed by atoms with Gasteiger partial charge in [-0.3, -0.25) is 9.59 Å². The van der Waals surface area contributed by atoms with Gasteiger partial charge in [-0.05, 0) is 26.0 Å². The number of hydrogen-bond acceptors (Lipinski definition) is 4. The number of carbonyl (C=O) groups excluding carboxylic acids is 2. The lowest BCUT2D eigenvalue weighted by Crippen LogP contribution is -2.28. The number of amides is 2. The van der Waals surface area contributed by atoms with Crippen LogP contribution in [0.1, 0.15) is 36.7 Å². The van der Waals surface area contributed by atoms with Gasteiger partial charge in [-0.1, -0.05) is 12.1 Å². The summed E-state index contributed by atoms with van der Waals surface area (Å²) in [6.45, 7) is 4.20. The number of nitrogens with one attached hydrogen (secondary N) is 2. The van der Waals surface area contributed by atoms with E-state index in [1.165, 1.54) is 7.11 Å². The Morgan fingerprint density at radius 1 is 1.25 bits per heavy atom. The van der Waals surface area contributed by atoms with Gasteiger partial charge in [0, 0.05) is 25.1 Å². The average Bonchev–Trinajstić information content (AvgIpc) is 3.03. The van der Waals surface area contributed by atoms with E-state index >= 15 is 0 Å². The fraction of sp³-hybridized carbons (Fsp3) is 0.353. The lowest BCUT2D eigenvalue weighted by Gasteiger charge is -2.12. The van der Waals surface area contributed by atoms with Crippen molar-refractivity contribution in [1.29, 1.82) is 0 Å². The quantitative estimate of drug-likeness (QED) is 0.815. The van der Waals surface area contributed by atoms with Crippen molar-refractivity contribution >= 4 is 17.6 Å². The Bertz CT molecular complexity index is 709. The van der Waals surface area contributed by atoms with E-state index in [0.717, 1.165) is 0 Å². The molecule has 0 fully saturated rings. The summed E-state index contributed by atoms with van der Waals surface area (Å²) < 4.78 is 6.88. The summed E-state index contributed by atoms with van der Waals surface area (Å²) in [5, 5.41) is 9.67. The zero-order chi connectivity index (χ0) is 17.5. The van der Waals surface area contributed by atoms with E-state index in [-0.39, 0.29) is 30.8 Å². The van der Waals surface area contributed by atoms with Crippen LogP contribution in [0.3, 0.4) is 0 Å². The number of para-hydroxylation sites is 1. The maximum absolute atomic E-state index is 12.1. The second kappa shape index (κ2) is 8.14. The van der Waals surface area contributed by atoms with Crippen LogP contribution >= 0.6 is 0 Å². The van der Waals surface area contributed by atoms with Gasteiger partial charge in [-0.2, -0.15) is 5.10 Å². The fourth-order valence-corrected chi connectivity index (χ4v) is 2.25. The highest BCUT2D eigenvalue weighted by Crippen LogP contribution is 2.17. The van der Waals surface area contributed by atoms with Crippen LogP contribution in [-0.4, -0.2) is 35.2 Å².